The molecule has 3 heterocycles. The summed E-state index contributed by atoms with van der Waals surface area (Å²) < 4.78 is 14.2. The van der Waals surface area contributed by atoms with Gasteiger partial charge in [-0.1, -0.05) is 6.07 Å². The van der Waals surface area contributed by atoms with Gasteiger partial charge < -0.3 is 18.9 Å². The second kappa shape index (κ2) is 7.69. The summed E-state index contributed by atoms with van der Waals surface area (Å²) in [6.07, 6.45) is 0.788. The van der Waals surface area contributed by atoms with Crippen molar-refractivity contribution in [2.45, 2.75) is 26.4 Å². The van der Waals surface area contributed by atoms with Gasteiger partial charge in [0.25, 0.3) is 5.56 Å². The van der Waals surface area contributed by atoms with E-state index < -0.39 is 23.8 Å². The van der Waals surface area contributed by atoms with E-state index in [0.717, 1.165) is 16.7 Å². The lowest BCUT2D eigenvalue weighted by Crippen LogP contribution is -2.41. The van der Waals surface area contributed by atoms with E-state index in [9.17, 15) is 14.4 Å². The molecule has 0 spiro atoms. The number of ether oxygens (including phenoxy) is 2. The monoisotopic (exact) mass is 413 g/mol. The first-order valence-corrected chi connectivity index (χ1v) is 9.73. The molecule has 3 aromatic rings. The maximum absolute atomic E-state index is 13.2. The highest BCUT2D eigenvalue weighted by atomic mass is 16.5. The van der Waals surface area contributed by atoms with Gasteiger partial charge in [0.05, 0.1) is 13.7 Å². The molecule has 30 heavy (non-hydrogen) atoms. The first kappa shape index (κ1) is 19.7. The molecule has 1 aliphatic rings. The minimum atomic E-state index is -0.632. The summed E-state index contributed by atoms with van der Waals surface area (Å²) in [5.74, 6) is 0.655. The van der Waals surface area contributed by atoms with Crippen LogP contribution < -0.4 is 20.9 Å². The second-order valence-electron chi connectivity index (χ2n) is 6.98. The Kier molecular flexibility index (Phi) is 5.06. The maximum atomic E-state index is 13.2. The highest BCUT2D eigenvalue weighted by Crippen LogP contribution is 2.32. The van der Waals surface area contributed by atoms with Gasteiger partial charge in [0.2, 0.25) is 5.95 Å². The van der Waals surface area contributed by atoms with Crippen LogP contribution in [-0.2, 0) is 29.7 Å². The summed E-state index contributed by atoms with van der Waals surface area (Å²) in [4.78, 5) is 44.4. The number of nitrogens with zero attached hydrogens (tertiary/aromatic N) is 5. The third kappa shape index (κ3) is 3.14. The lowest BCUT2D eigenvalue weighted by molar-refractivity contribution is -0.143. The number of rotatable bonds is 5. The zero-order valence-corrected chi connectivity index (χ0v) is 17.1. The number of carbonyl (C=O) groups excluding carboxylic acids is 1. The van der Waals surface area contributed by atoms with Crippen molar-refractivity contribution < 1.29 is 14.3 Å². The van der Waals surface area contributed by atoms with Crippen molar-refractivity contribution in [3.63, 3.8) is 0 Å². The van der Waals surface area contributed by atoms with Crippen molar-refractivity contribution in [1.29, 1.82) is 0 Å². The van der Waals surface area contributed by atoms with Gasteiger partial charge in [0, 0.05) is 31.9 Å². The molecular formula is C20H23N5O5. The number of aromatic nitrogens is 4. The lowest BCUT2D eigenvalue weighted by atomic mass is 10.2. The average molecular weight is 413 g/mol. The van der Waals surface area contributed by atoms with Crippen LogP contribution in [0.15, 0.2) is 33.9 Å². The zero-order chi connectivity index (χ0) is 21.4. The van der Waals surface area contributed by atoms with Crippen LogP contribution in [0.25, 0.3) is 11.2 Å². The Morgan fingerprint density at radius 3 is 2.77 bits per heavy atom. The Hall–Kier alpha value is -3.56. The van der Waals surface area contributed by atoms with Crippen LogP contribution >= 0.6 is 0 Å². The molecule has 2 aromatic heterocycles. The molecule has 0 aliphatic carbocycles. The van der Waals surface area contributed by atoms with Crippen LogP contribution in [0.2, 0.25) is 0 Å². The normalized spacial score (nSPS) is 13.4. The predicted octanol–water partition coefficient (Wildman–Crippen LogP) is 1.01. The fraction of sp³-hybridized carbons (Fsp3) is 0.400. The number of benzene rings is 1. The molecule has 0 atom stereocenters. The Balaban J connectivity index is 1.90. The number of hydrogen-bond acceptors (Lipinski definition) is 7. The summed E-state index contributed by atoms with van der Waals surface area (Å²) in [5, 5.41) is 0. The topological polar surface area (TPSA) is 101 Å². The average Bonchev–Trinajstić information content (AvgIpc) is 3.15. The lowest BCUT2D eigenvalue weighted by Gasteiger charge is -2.29. The number of methoxy groups -OCH3 is 1. The van der Waals surface area contributed by atoms with E-state index in [1.54, 1.807) is 21.1 Å². The Morgan fingerprint density at radius 1 is 1.23 bits per heavy atom. The second-order valence-corrected chi connectivity index (χ2v) is 6.98. The number of anilines is 2. The van der Waals surface area contributed by atoms with Crippen molar-refractivity contribution in [3.05, 3.63) is 45.1 Å². The van der Waals surface area contributed by atoms with E-state index in [0.29, 0.717) is 30.3 Å². The molecule has 1 aromatic carbocycles. The summed E-state index contributed by atoms with van der Waals surface area (Å²) in [6.45, 7) is 2.70. The quantitative estimate of drug-likeness (QED) is 0.576. The van der Waals surface area contributed by atoms with E-state index >= 15 is 0 Å². The summed E-state index contributed by atoms with van der Waals surface area (Å²) in [5.41, 5.74) is 0.303. The van der Waals surface area contributed by atoms with Crippen LogP contribution in [0, 0.1) is 0 Å². The number of hydrogen-bond donors (Lipinski definition) is 0. The van der Waals surface area contributed by atoms with E-state index in [4.69, 9.17) is 9.47 Å². The van der Waals surface area contributed by atoms with Crippen LogP contribution in [0.1, 0.15) is 13.3 Å². The molecule has 1 aliphatic heterocycles. The van der Waals surface area contributed by atoms with Gasteiger partial charge in [-0.05, 0) is 25.5 Å². The molecule has 0 fully saturated rings. The van der Waals surface area contributed by atoms with Gasteiger partial charge in [0.15, 0.2) is 11.2 Å². The molecular weight excluding hydrogens is 390 g/mol. The van der Waals surface area contributed by atoms with Crippen LogP contribution in [0.4, 0.5) is 11.6 Å². The molecule has 10 nitrogen and oxygen atoms in total. The third-order valence-corrected chi connectivity index (χ3v) is 5.17. The number of fused-ring (bicyclic) bond motifs is 3. The maximum Gasteiger partial charge on any atom is 0.333 e. The Bertz CT molecular complexity index is 1240. The van der Waals surface area contributed by atoms with Gasteiger partial charge in [-0.2, -0.15) is 4.98 Å². The molecule has 10 heteroatoms. The fourth-order valence-electron chi connectivity index (χ4n) is 3.76. The largest absolute Gasteiger partial charge is 0.497 e. The van der Waals surface area contributed by atoms with E-state index in [1.807, 2.05) is 33.7 Å². The minimum Gasteiger partial charge on any atom is -0.497 e. The van der Waals surface area contributed by atoms with Crippen molar-refractivity contribution >= 4 is 28.8 Å². The van der Waals surface area contributed by atoms with Gasteiger partial charge in [0.1, 0.15) is 12.3 Å². The number of imidazole rings is 1. The Labute approximate surface area is 171 Å². The van der Waals surface area contributed by atoms with Crippen LogP contribution in [0.5, 0.6) is 5.75 Å². The van der Waals surface area contributed by atoms with E-state index in [-0.39, 0.29) is 12.3 Å². The Morgan fingerprint density at radius 2 is 2.03 bits per heavy atom. The van der Waals surface area contributed by atoms with Gasteiger partial charge in [-0.3, -0.25) is 14.2 Å². The molecule has 0 saturated carbocycles. The highest BCUT2D eigenvalue weighted by Gasteiger charge is 2.27. The predicted molar refractivity (Wildman–Crippen MR) is 110 cm³/mol. The fourth-order valence-corrected chi connectivity index (χ4v) is 3.76. The molecule has 0 saturated heterocycles. The molecule has 0 bridgehead atoms. The number of aryl methyl sites for hydroxylation is 2. The molecule has 0 radical (unpaired) electrons. The summed E-state index contributed by atoms with van der Waals surface area (Å²) >= 11 is 0. The first-order valence-electron chi connectivity index (χ1n) is 9.73. The third-order valence-electron chi connectivity index (χ3n) is 5.17. The van der Waals surface area contributed by atoms with Crippen molar-refractivity contribution in [3.8, 4) is 5.75 Å². The number of carbonyl (C=O) groups is 1. The van der Waals surface area contributed by atoms with Gasteiger partial charge >= 0.3 is 11.7 Å². The highest BCUT2D eigenvalue weighted by molar-refractivity contribution is 5.77. The standard InChI is InChI=1S/C20H23N5O5/c1-4-30-15(26)12-25-18(27)16-17(22(2)20(25)28)21-19-23(9-6-10-24(16)19)13-7-5-8-14(11-13)29-3/h5,7-8,11H,4,6,9-10,12H2,1-3H3. The molecule has 0 amide bonds. The number of esters is 1. The van der Waals surface area contributed by atoms with E-state index in [1.165, 1.54) is 4.57 Å². The van der Waals surface area contributed by atoms with Crippen molar-refractivity contribution in [2.24, 2.45) is 7.05 Å². The van der Waals surface area contributed by atoms with Crippen LogP contribution in [-0.4, -0.2) is 44.9 Å². The molecule has 158 valence electrons. The van der Waals surface area contributed by atoms with Gasteiger partial charge in [-0.25, -0.2) is 9.36 Å². The molecule has 4 rings (SSSR count). The SMILES string of the molecule is CCOC(=O)Cn1c(=O)c2c(nc3n2CCCN3c2cccc(OC)c2)n(C)c1=O. The van der Waals surface area contributed by atoms with Crippen molar-refractivity contribution in [1.82, 2.24) is 18.7 Å². The molecule has 0 unspecified atom stereocenters. The summed E-state index contributed by atoms with van der Waals surface area (Å²) in [7, 11) is 3.15. The smallest absolute Gasteiger partial charge is 0.333 e. The van der Waals surface area contributed by atoms with Crippen LogP contribution in [0.3, 0.4) is 0 Å². The first-order chi connectivity index (χ1) is 14.5. The molecule has 0 N–H and O–H groups in total. The van der Waals surface area contributed by atoms with E-state index in [2.05, 4.69) is 4.98 Å². The minimum absolute atomic E-state index is 0.174. The van der Waals surface area contributed by atoms with Crippen molar-refractivity contribution in [2.75, 3.05) is 25.2 Å². The summed E-state index contributed by atoms with van der Waals surface area (Å²) in [6, 6.07) is 7.58. The van der Waals surface area contributed by atoms with Gasteiger partial charge in [-0.15, -0.1) is 0 Å². The zero-order valence-electron chi connectivity index (χ0n) is 17.1.